The Bertz CT molecular complexity index is 908. The van der Waals surface area contributed by atoms with Crippen LogP contribution in [0.1, 0.15) is 42.3 Å². The first-order valence-electron chi connectivity index (χ1n) is 9.12. The number of carbonyl (C=O) groups is 3. The fourth-order valence-corrected chi connectivity index (χ4v) is 2.45. The monoisotopic (exact) mass is 395 g/mol. The van der Waals surface area contributed by atoms with Gasteiger partial charge in [0.05, 0.1) is 7.11 Å². The van der Waals surface area contributed by atoms with Crippen LogP contribution in [0.4, 0.5) is 0 Å². The smallest absolute Gasteiger partial charge is 0.331 e. The summed E-state index contributed by atoms with van der Waals surface area (Å²) in [7, 11) is 1.55. The summed E-state index contributed by atoms with van der Waals surface area (Å²) >= 11 is 0. The van der Waals surface area contributed by atoms with Gasteiger partial charge in [-0.25, -0.2) is 4.79 Å². The van der Waals surface area contributed by atoms with E-state index in [1.807, 2.05) is 12.1 Å². The van der Waals surface area contributed by atoms with E-state index < -0.39 is 24.4 Å². The number of hydrogen-bond donors (Lipinski definition) is 1. The Morgan fingerprint density at radius 2 is 1.72 bits per heavy atom. The van der Waals surface area contributed by atoms with Crippen molar-refractivity contribution in [2.75, 3.05) is 13.7 Å². The number of imide groups is 1. The standard InChI is InChI=1S/C23H25NO5/c1-23(2,3)18-11-9-17(10-12-18)22(27)24-20(25)15-29-21(26)13-8-16-6-5-7-19(14-16)28-4/h5-14H,15H2,1-4H3,(H,24,25,27). The molecular formula is C23H25NO5. The maximum Gasteiger partial charge on any atom is 0.331 e. The Balaban J connectivity index is 1.83. The Labute approximate surface area is 170 Å². The fourth-order valence-electron chi connectivity index (χ4n) is 2.45. The minimum absolute atomic E-state index is 0.0303. The molecule has 0 saturated heterocycles. The summed E-state index contributed by atoms with van der Waals surface area (Å²) in [5.41, 5.74) is 2.16. The number of benzene rings is 2. The quantitative estimate of drug-likeness (QED) is 0.598. The second-order valence-electron chi connectivity index (χ2n) is 7.42. The molecule has 0 spiro atoms. The van der Waals surface area contributed by atoms with Crippen LogP contribution in [0, 0.1) is 0 Å². The highest BCUT2D eigenvalue weighted by atomic mass is 16.5. The molecule has 6 nitrogen and oxygen atoms in total. The number of ether oxygens (including phenoxy) is 2. The van der Waals surface area contributed by atoms with Crippen LogP contribution in [0.2, 0.25) is 0 Å². The van der Waals surface area contributed by atoms with Gasteiger partial charge >= 0.3 is 5.97 Å². The van der Waals surface area contributed by atoms with Gasteiger partial charge in [-0.2, -0.15) is 0 Å². The van der Waals surface area contributed by atoms with Crippen molar-refractivity contribution in [2.45, 2.75) is 26.2 Å². The summed E-state index contributed by atoms with van der Waals surface area (Å²) < 4.78 is 9.96. The minimum Gasteiger partial charge on any atom is -0.497 e. The minimum atomic E-state index is -0.696. The van der Waals surface area contributed by atoms with Crippen LogP contribution in [0.25, 0.3) is 6.08 Å². The lowest BCUT2D eigenvalue weighted by molar-refractivity contribution is -0.143. The first-order chi connectivity index (χ1) is 13.7. The maximum absolute atomic E-state index is 12.1. The number of carbonyl (C=O) groups excluding carboxylic acids is 3. The van der Waals surface area contributed by atoms with Gasteiger partial charge in [0, 0.05) is 11.6 Å². The average molecular weight is 395 g/mol. The van der Waals surface area contributed by atoms with E-state index in [2.05, 4.69) is 26.1 Å². The Kier molecular flexibility index (Phi) is 7.31. The molecule has 2 aromatic carbocycles. The fraction of sp³-hybridized carbons (Fsp3) is 0.261. The van der Waals surface area contributed by atoms with Gasteiger partial charge in [0.25, 0.3) is 11.8 Å². The summed E-state index contributed by atoms with van der Waals surface area (Å²) in [5, 5.41) is 2.20. The molecule has 0 aliphatic heterocycles. The number of nitrogens with one attached hydrogen (secondary N) is 1. The van der Waals surface area contributed by atoms with Crippen molar-refractivity contribution in [3.05, 3.63) is 71.3 Å². The molecule has 29 heavy (non-hydrogen) atoms. The number of methoxy groups -OCH3 is 1. The van der Waals surface area contributed by atoms with Gasteiger partial charge in [-0.15, -0.1) is 0 Å². The maximum atomic E-state index is 12.1. The zero-order valence-electron chi connectivity index (χ0n) is 17.0. The van der Waals surface area contributed by atoms with E-state index >= 15 is 0 Å². The molecule has 0 saturated carbocycles. The summed E-state index contributed by atoms with van der Waals surface area (Å²) in [6, 6.07) is 14.1. The van der Waals surface area contributed by atoms with E-state index in [9.17, 15) is 14.4 Å². The summed E-state index contributed by atoms with van der Waals surface area (Å²) in [6.45, 7) is 5.67. The molecule has 2 aromatic rings. The van der Waals surface area contributed by atoms with Crippen LogP contribution >= 0.6 is 0 Å². The van der Waals surface area contributed by atoms with Crippen LogP contribution in [0.15, 0.2) is 54.6 Å². The Hall–Kier alpha value is -3.41. The van der Waals surface area contributed by atoms with Crippen LogP contribution < -0.4 is 10.1 Å². The largest absolute Gasteiger partial charge is 0.497 e. The van der Waals surface area contributed by atoms with E-state index in [1.165, 1.54) is 6.08 Å². The summed E-state index contributed by atoms with van der Waals surface area (Å²) in [6.07, 6.45) is 2.75. The summed E-state index contributed by atoms with van der Waals surface area (Å²) in [4.78, 5) is 35.8. The molecule has 0 bridgehead atoms. The molecule has 0 fully saturated rings. The van der Waals surface area contributed by atoms with Gasteiger partial charge < -0.3 is 9.47 Å². The Morgan fingerprint density at radius 3 is 2.34 bits per heavy atom. The zero-order valence-corrected chi connectivity index (χ0v) is 17.0. The molecule has 0 aliphatic carbocycles. The van der Waals surface area contributed by atoms with Gasteiger partial charge in [0.1, 0.15) is 5.75 Å². The van der Waals surface area contributed by atoms with Crippen LogP contribution in [-0.4, -0.2) is 31.5 Å². The number of esters is 1. The second-order valence-corrected chi connectivity index (χ2v) is 7.42. The molecule has 0 aliphatic rings. The van der Waals surface area contributed by atoms with Gasteiger partial charge in [-0.05, 0) is 46.9 Å². The molecule has 2 amide bonds. The first kappa shape index (κ1) is 21.9. The lowest BCUT2D eigenvalue weighted by Gasteiger charge is -2.18. The highest BCUT2D eigenvalue weighted by molar-refractivity contribution is 6.05. The van der Waals surface area contributed by atoms with E-state index in [0.717, 1.165) is 11.1 Å². The van der Waals surface area contributed by atoms with Crippen molar-refractivity contribution in [1.82, 2.24) is 5.32 Å². The van der Waals surface area contributed by atoms with Crippen molar-refractivity contribution >= 4 is 23.9 Å². The number of amides is 2. The van der Waals surface area contributed by atoms with Crippen molar-refractivity contribution in [3.63, 3.8) is 0 Å². The summed E-state index contributed by atoms with van der Waals surface area (Å²) in [5.74, 6) is -1.27. The molecule has 152 valence electrons. The SMILES string of the molecule is COc1cccc(C=CC(=O)OCC(=O)NC(=O)c2ccc(C(C)(C)C)cc2)c1. The van der Waals surface area contributed by atoms with E-state index in [1.54, 1.807) is 49.6 Å². The molecule has 0 radical (unpaired) electrons. The highest BCUT2D eigenvalue weighted by Crippen LogP contribution is 2.22. The molecule has 0 heterocycles. The molecular weight excluding hydrogens is 370 g/mol. The predicted octanol–water partition coefficient (Wildman–Crippen LogP) is 3.51. The van der Waals surface area contributed by atoms with Gasteiger partial charge in [0.2, 0.25) is 0 Å². The second kappa shape index (κ2) is 9.68. The molecule has 6 heteroatoms. The lowest BCUT2D eigenvalue weighted by Crippen LogP contribution is -2.34. The van der Waals surface area contributed by atoms with Crippen molar-refractivity contribution in [2.24, 2.45) is 0 Å². The third-order valence-electron chi connectivity index (χ3n) is 4.12. The van der Waals surface area contributed by atoms with E-state index in [-0.39, 0.29) is 5.41 Å². The predicted molar refractivity (Wildman–Crippen MR) is 111 cm³/mol. The van der Waals surface area contributed by atoms with Gasteiger partial charge in [0.15, 0.2) is 6.61 Å². The van der Waals surface area contributed by atoms with Crippen molar-refractivity contribution in [1.29, 1.82) is 0 Å². The van der Waals surface area contributed by atoms with Crippen LogP contribution in [0.5, 0.6) is 5.75 Å². The van der Waals surface area contributed by atoms with Crippen molar-refractivity contribution in [3.8, 4) is 5.75 Å². The number of hydrogen-bond acceptors (Lipinski definition) is 5. The normalized spacial score (nSPS) is 11.2. The number of rotatable bonds is 6. The zero-order chi connectivity index (χ0) is 21.4. The third-order valence-corrected chi connectivity index (χ3v) is 4.12. The average Bonchev–Trinajstić information content (AvgIpc) is 2.70. The molecule has 0 aromatic heterocycles. The van der Waals surface area contributed by atoms with E-state index in [4.69, 9.17) is 9.47 Å². The van der Waals surface area contributed by atoms with Crippen LogP contribution in [0.3, 0.4) is 0 Å². The van der Waals surface area contributed by atoms with Gasteiger partial charge in [-0.1, -0.05) is 45.0 Å². The molecule has 1 N–H and O–H groups in total. The van der Waals surface area contributed by atoms with E-state index in [0.29, 0.717) is 11.3 Å². The molecule has 2 rings (SSSR count). The lowest BCUT2D eigenvalue weighted by atomic mass is 9.87. The first-order valence-corrected chi connectivity index (χ1v) is 9.12. The molecule has 0 atom stereocenters. The van der Waals surface area contributed by atoms with Crippen LogP contribution in [-0.2, 0) is 19.7 Å². The topological polar surface area (TPSA) is 81.7 Å². The van der Waals surface area contributed by atoms with Gasteiger partial charge in [-0.3, -0.25) is 14.9 Å². The molecule has 0 unspecified atom stereocenters. The Morgan fingerprint density at radius 1 is 1.03 bits per heavy atom. The third kappa shape index (κ3) is 6.92. The highest BCUT2D eigenvalue weighted by Gasteiger charge is 2.15. The van der Waals surface area contributed by atoms with Crippen molar-refractivity contribution < 1.29 is 23.9 Å².